The first kappa shape index (κ1) is 16.4. The lowest BCUT2D eigenvalue weighted by Gasteiger charge is -2.14. The van der Waals surface area contributed by atoms with Crippen LogP contribution in [0.4, 0.5) is 5.82 Å². The van der Waals surface area contributed by atoms with E-state index in [1.165, 1.54) is 12.6 Å². The second-order valence-corrected chi connectivity index (χ2v) is 6.86. The number of amides is 1. The summed E-state index contributed by atoms with van der Waals surface area (Å²) in [5.41, 5.74) is 0.498. The van der Waals surface area contributed by atoms with Crippen LogP contribution in [0.3, 0.4) is 0 Å². The van der Waals surface area contributed by atoms with Crippen molar-refractivity contribution in [3.05, 3.63) is 22.8 Å². The zero-order chi connectivity index (χ0) is 15.2. The van der Waals surface area contributed by atoms with Crippen molar-refractivity contribution in [3.8, 4) is 0 Å². The Morgan fingerprint density at radius 1 is 1.52 bits per heavy atom. The van der Waals surface area contributed by atoms with Crippen LogP contribution >= 0.6 is 23.4 Å². The maximum atomic E-state index is 12.4. The average molecular weight is 328 g/mol. The number of nitrogens with one attached hydrogen (secondary N) is 2. The summed E-state index contributed by atoms with van der Waals surface area (Å²) in [4.78, 5) is 16.6. The van der Waals surface area contributed by atoms with Gasteiger partial charge in [0, 0.05) is 24.0 Å². The van der Waals surface area contributed by atoms with Crippen LogP contribution in [0.1, 0.15) is 43.0 Å². The Labute approximate surface area is 135 Å². The predicted molar refractivity (Wildman–Crippen MR) is 90.4 cm³/mol. The molecule has 1 saturated carbocycles. The third kappa shape index (κ3) is 4.51. The SMILES string of the molecule is CCCNc1cc(C(=O)NC2CCC(SC)C2)c(Cl)cn1. The van der Waals surface area contributed by atoms with Gasteiger partial charge in [0.1, 0.15) is 5.82 Å². The number of anilines is 1. The molecule has 116 valence electrons. The number of halogens is 1. The van der Waals surface area contributed by atoms with Crippen LogP contribution in [-0.2, 0) is 0 Å². The molecule has 1 aromatic rings. The molecule has 2 rings (SSSR count). The van der Waals surface area contributed by atoms with Gasteiger partial charge in [-0.15, -0.1) is 0 Å². The van der Waals surface area contributed by atoms with Gasteiger partial charge in [0.2, 0.25) is 0 Å². The summed E-state index contributed by atoms with van der Waals surface area (Å²) in [6.45, 7) is 2.91. The first-order valence-electron chi connectivity index (χ1n) is 7.37. The molecule has 2 atom stereocenters. The minimum Gasteiger partial charge on any atom is -0.370 e. The molecule has 1 aliphatic carbocycles. The average Bonchev–Trinajstić information content (AvgIpc) is 2.94. The largest absolute Gasteiger partial charge is 0.370 e. The number of nitrogens with zero attached hydrogens (tertiary/aromatic N) is 1. The molecule has 0 aliphatic heterocycles. The highest BCUT2D eigenvalue weighted by atomic mass is 35.5. The van der Waals surface area contributed by atoms with E-state index in [1.807, 2.05) is 11.8 Å². The third-order valence-electron chi connectivity index (χ3n) is 3.71. The highest BCUT2D eigenvalue weighted by Gasteiger charge is 2.26. The molecule has 0 spiro atoms. The lowest BCUT2D eigenvalue weighted by molar-refractivity contribution is 0.0938. The summed E-state index contributed by atoms with van der Waals surface area (Å²) in [5.74, 6) is 0.591. The van der Waals surface area contributed by atoms with Gasteiger partial charge in [0.15, 0.2) is 0 Å². The Morgan fingerprint density at radius 2 is 2.33 bits per heavy atom. The minimum atomic E-state index is -0.103. The minimum absolute atomic E-state index is 0.103. The van der Waals surface area contributed by atoms with Gasteiger partial charge in [-0.1, -0.05) is 18.5 Å². The van der Waals surface area contributed by atoms with Crippen molar-refractivity contribution >= 4 is 35.1 Å². The fourth-order valence-corrected chi connectivity index (χ4v) is 3.50. The smallest absolute Gasteiger partial charge is 0.253 e. The lowest BCUT2D eigenvalue weighted by Crippen LogP contribution is -2.33. The van der Waals surface area contributed by atoms with Gasteiger partial charge in [0.25, 0.3) is 5.91 Å². The van der Waals surface area contributed by atoms with Crippen LogP contribution in [0.15, 0.2) is 12.3 Å². The summed E-state index contributed by atoms with van der Waals surface area (Å²) < 4.78 is 0. The van der Waals surface area contributed by atoms with Gasteiger partial charge in [-0.3, -0.25) is 4.79 Å². The number of carbonyl (C=O) groups is 1. The maximum absolute atomic E-state index is 12.4. The van der Waals surface area contributed by atoms with Crippen molar-refractivity contribution in [1.29, 1.82) is 0 Å². The number of pyridine rings is 1. The number of carbonyl (C=O) groups excluding carboxylic acids is 1. The number of hydrogen-bond acceptors (Lipinski definition) is 4. The Hall–Kier alpha value is -0.940. The van der Waals surface area contributed by atoms with Crippen LogP contribution in [0, 0.1) is 0 Å². The molecule has 4 nitrogen and oxygen atoms in total. The predicted octanol–water partition coefficient (Wildman–Crippen LogP) is 3.57. The molecule has 1 fully saturated rings. The third-order valence-corrected chi connectivity index (χ3v) is 5.11. The molecular weight excluding hydrogens is 306 g/mol. The molecule has 2 N–H and O–H groups in total. The number of thioether (sulfide) groups is 1. The van der Waals surface area contributed by atoms with E-state index < -0.39 is 0 Å². The van der Waals surface area contributed by atoms with Gasteiger partial charge in [-0.2, -0.15) is 11.8 Å². The van der Waals surface area contributed by atoms with Crippen molar-refractivity contribution in [3.63, 3.8) is 0 Å². The highest BCUT2D eigenvalue weighted by molar-refractivity contribution is 7.99. The second kappa shape index (κ2) is 7.90. The van der Waals surface area contributed by atoms with Crippen molar-refractivity contribution in [2.75, 3.05) is 18.1 Å². The fourth-order valence-electron chi connectivity index (χ4n) is 2.51. The van der Waals surface area contributed by atoms with E-state index in [4.69, 9.17) is 11.6 Å². The van der Waals surface area contributed by atoms with Gasteiger partial charge in [0.05, 0.1) is 10.6 Å². The molecule has 6 heteroatoms. The van der Waals surface area contributed by atoms with Gasteiger partial charge in [-0.25, -0.2) is 4.98 Å². The molecule has 0 bridgehead atoms. The van der Waals surface area contributed by atoms with Crippen molar-refractivity contribution in [1.82, 2.24) is 10.3 Å². The van der Waals surface area contributed by atoms with Crippen molar-refractivity contribution in [2.45, 2.75) is 43.9 Å². The Balaban J connectivity index is 2.01. The zero-order valence-corrected chi connectivity index (χ0v) is 14.1. The molecule has 0 aromatic carbocycles. The molecule has 1 amide bonds. The summed E-state index contributed by atoms with van der Waals surface area (Å²) in [6, 6.07) is 1.99. The van der Waals surface area contributed by atoms with Gasteiger partial charge < -0.3 is 10.6 Å². The molecule has 1 aromatic heterocycles. The number of rotatable bonds is 6. The first-order valence-corrected chi connectivity index (χ1v) is 9.03. The molecule has 0 radical (unpaired) electrons. The fraction of sp³-hybridized carbons (Fsp3) is 0.600. The van der Waals surface area contributed by atoms with E-state index in [0.29, 0.717) is 21.7 Å². The van der Waals surface area contributed by atoms with E-state index in [9.17, 15) is 4.79 Å². The second-order valence-electron chi connectivity index (χ2n) is 5.32. The molecule has 1 heterocycles. The standard InChI is InChI=1S/C15H22ClN3OS/c1-3-6-17-14-8-12(13(16)9-18-14)15(20)19-10-4-5-11(7-10)21-2/h8-11H,3-7H2,1-2H3,(H,17,18)(H,19,20). The van der Waals surface area contributed by atoms with Crippen LogP contribution in [-0.4, -0.2) is 35.0 Å². The van der Waals surface area contributed by atoms with Gasteiger partial charge >= 0.3 is 0 Å². The molecular formula is C15H22ClN3OS. The van der Waals surface area contributed by atoms with E-state index in [2.05, 4.69) is 28.8 Å². The maximum Gasteiger partial charge on any atom is 0.253 e. The number of hydrogen-bond donors (Lipinski definition) is 2. The molecule has 2 unspecified atom stereocenters. The van der Waals surface area contributed by atoms with Crippen LogP contribution < -0.4 is 10.6 Å². The van der Waals surface area contributed by atoms with Crippen LogP contribution in [0.5, 0.6) is 0 Å². The van der Waals surface area contributed by atoms with Crippen molar-refractivity contribution in [2.24, 2.45) is 0 Å². The van der Waals surface area contributed by atoms with Crippen LogP contribution in [0.2, 0.25) is 5.02 Å². The lowest BCUT2D eigenvalue weighted by atomic mass is 10.2. The topological polar surface area (TPSA) is 54.0 Å². The summed E-state index contributed by atoms with van der Waals surface area (Å²) >= 11 is 7.99. The monoisotopic (exact) mass is 327 g/mol. The Morgan fingerprint density at radius 3 is 3.00 bits per heavy atom. The molecule has 1 aliphatic rings. The molecule has 21 heavy (non-hydrogen) atoms. The van der Waals surface area contributed by atoms with E-state index in [0.717, 1.165) is 25.8 Å². The van der Waals surface area contributed by atoms with E-state index in [-0.39, 0.29) is 11.9 Å². The van der Waals surface area contributed by atoms with Crippen LogP contribution in [0.25, 0.3) is 0 Å². The Bertz CT molecular complexity index is 498. The summed E-state index contributed by atoms with van der Waals surface area (Å²) in [6.07, 6.45) is 7.91. The highest BCUT2D eigenvalue weighted by Crippen LogP contribution is 2.28. The Kier molecular flexibility index (Phi) is 6.18. The van der Waals surface area contributed by atoms with Gasteiger partial charge in [-0.05, 0) is 38.0 Å². The van der Waals surface area contributed by atoms with E-state index in [1.54, 1.807) is 6.07 Å². The van der Waals surface area contributed by atoms with Crippen molar-refractivity contribution < 1.29 is 4.79 Å². The zero-order valence-electron chi connectivity index (χ0n) is 12.5. The summed E-state index contributed by atoms with van der Waals surface area (Å²) in [5, 5.41) is 7.32. The quantitative estimate of drug-likeness (QED) is 0.838. The first-order chi connectivity index (χ1) is 10.1. The number of aromatic nitrogens is 1. The summed E-state index contributed by atoms with van der Waals surface area (Å²) in [7, 11) is 0. The normalized spacial score (nSPS) is 21.3. The molecule has 0 saturated heterocycles. The van der Waals surface area contributed by atoms with E-state index >= 15 is 0 Å².